The number of aryl methyl sites for hydroxylation is 4. The Morgan fingerprint density at radius 1 is 1.07 bits per heavy atom. The fourth-order valence-electron chi connectivity index (χ4n) is 3.61. The van der Waals surface area contributed by atoms with Gasteiger partial charge in [0.05, 0.1) is 16.9 Å². The Morgan fingerprint density at radius 2 is 1.82 bits per heavy atom. The van der Waals surface area contributed by atoms with Crippen molar-refractivity contribution in [2.45, 2.75) is 41.0 Å². The number of nitrogens with zero attached hydrogens (tertiary/aromatic N) is 2. The summed E-state index contributed by atoms with van der Waals surface area (Å²) in [7, 11) is 0. The Morgan fingerprint density at radius 3 is 2.50 bits per heavy atom. The highest BCUT2D eigenvalue weighted by molar-refractivity contribution is 5.90. The van der Waals surface area contributed by atoms with E-state index in [1.165, 1.54) is 16.8 Å². The Balaban J connectivity index is 2.06. The minimum Gasteiger partial charge on any atom is -0.478 e. The number of aromatic nitrogens is 1. The zero-order valence-corrected chi connectivity index (χ0v) is 17.1. The molecule has 0 atom stereocenters. The first-order chi connectivity index (χ1) is 13.3. The summed E-state index contributed by atoms with van der Waals surface area (Å²) in [5.74, 6) is -0.943. The number of hydrogen-bond acceptors (Lipinski definition) is 2. The van der Waals surface area contributed by atoms with Gasteiger partial charge in [0, 0.05) is 23.2 Å². The second kappa shape index (κ2) is 7.85. The summed E-state index contributed by atoms with van der Waals surface area (Å²) in [4.78, 5) is 15.8. The number of benzene rings is 2. The highest BCUT2D eigenvalue weighted by Gasteiger charge is 2.14. The molecule has 3 aromatic rings. The molecule has 0 aliphatic carbocycles. The van der Waals surface area contributed by atoms with Crippen LogP contribution in [-0.2, 0) is 6.42 Å². The summed E-state index contributed by atoms with van der Waals surface area (Å²) in [5.41, 5.74) is 8.97. The van der Waals surface area contributed by atoms with Crippen LogP contribution in [0.1, 0.15) is 50.9 Å². The van der Waals surface area contributed by atoms with Gasteiger partial charge in [0.1, 0.15) is 0 Å². The van der Waals surface area contributed by atoms with Crippen LogP contribution in [0.5, 0.6) is 0 Å². The fraction of sp³-hybridized carbons (Fsp3) is 0.250. The summed E-state index contributed by atoms with van der Waals surface area (Å²) < 4.78 is 2.29. The lowest BCUT2D eigenvalue weighted by Gasteiger charge is -2.17. The molecule has 1 N–H and O–H groups in total. The van der Waals surface area contributed by atoms with Crippen LogP contribution in [-0.4, -0.2) is 21.9 Å². The second-order valence-electron chi connectivity index (χ2n) is 7.16. The highest BCUT2D eigenvalue weighted by atomic mass is 16.4. The number of carboxylic acids is 1. The van der Waals surface area contributed by atoms with Crippen molar-refractivity contribution in [2.24, 2.45) is 4.99 Å². The lowest BCUT2D eigenvalue weighted by Crippen LogP contribution is -2.05. The fourth-order valence-corrected chi connectivity index (χ4v) is 3.61. The molecule has 0 saturated carbocycles. The minimum atomic E-state index is -0.943. The molecule has 28 heavy (non-hydrogen) atoms. The van der Waals surface area contributed by atoms with Crippen LogP contribution in [0.3, 0.4) is 0 Å². The van der Waals surface area contributed by atoms with Crippen LogP contribution < -0.4 is 0 Å². The molecule has 4 heteroatoms. The number of aliphatic imine (C=N–C) groups is 1. The molecule has 1 heterocycles. The van der Waals surface area contributed by atoms with Crippen molar-refractivity contribution in [1.29, 1.82) is 0 Å². The quantitative estimate of drug-likeness (QED) is 0.581. The van der Waals surface area contributed by atoms with Gasteiger partial charge in [0.15, 0.2) is 0 Å². The summed E-state index contributed by atoms with van der Waals surface area (Å²) in [5, 5.41) is 9.22. The lowest BCUT2D eigenvalue weighted by molar-refractivity contribution is 0.0697. The molecular formula is C24H26N2O2. The van der Waals surface area contributed by atoms with Crippen LogP contribution in [0, 0.1) is 27.7 Å². The molecule has 0 saturated heterocycles. The summed E-state index contributed by atoms with van der Waals surface area (Å²) in [6.45, 7) is 10.4. The standard InChI is InChI=1S/C24H26N2O2/c1-6-19-9-7-8-16(3)23(19)26-17(4)12-21(18(26)5)14-25-22-13-20(24(27)28)11-10-15(22)2/h7-14H,6H2,1-5H3,(H,27,28). The van der Waals surface area contributed by atoms with Crippen molar-refractivity contribution in [3.05, 3.63) is 81.7 Å². The Labute approximate surface area is 166 Å². The first kappa shape index (κ1) is 19.6. The maximum absolute atomic E-state index is 11.2. The molecule has 0 bridgehead atoms. The number of rotatable bonds is 5. The molecule has 2 aromatic carbocycles. The van der Waals surface area contributed by atoms with Gasteiger partial charge >= 0.3 is 5.97 Å². The van der Waals surface area contributed by atoms with Crippen LogP contribution in [0.15, 0.2) is 47.5 Å². The number of carboxylic acid groups (broad SMARTS) is 1. The maximum atomic E-state index is 11.2. The van der Waals surface area contributed by atoms with Gasteiger partial charge in [-0.1, -0.05) is 31.2 Å². The van der Waals surface area contributed by atoms with E-state index in [4.69, 9.17) is 0 Å². The molecule has 0 unspecified atom stereocenters. The predicted octanol–water partition coefficient (Wildman–Crippen LogP) is 5.72. The monoisotopic (exact) mass is 374 g/mol. The van der Waals surface area contributed by atoms with E-state index in [0.717, 1.165) is 28.9 Å². The normalized spacial score (nSPS) is 11.3. The lowest BCUT2D eigenvalue weighted by atomic mass is 10.1. The minimum absolute atomic E-state index is 0.246. The Hall–Kier alpha value is -3.14. The zero-order chi connectivity index (χ0) is 20.4. The third kappa shape index (κ3) is 3.63. The van der Waals surface area contributed by atoms with Gasteiger partial charge in [-0.15, -0.1) is 0 Å². The number of aromatic carboxylic acids is 1. The van der Waals surface area contributed by atoms with Crippen LogP contribution >= 0.6 is 0 Å². The summed E-state index contributed by atoms with van der Waals surface area (Å²) in [6, 6.07) is 13.6. The van der Waals surface area contributed by atoms with Gasteiger partial charge in [0.2, 0.25) is 0 Å². The number of carbonyl (C=O) groups is 1. The molecule has 3 rings (SSSR count). The van der Waals surface area contributed by atoms with Crippen LogP contribution in [0.25, 0.3) is 5.69 Å². The molecule has 0 amide bonds. The van der Waals surface area contributed by atoms with Crippen molar-refractivity contribution < 1.29 is 9.90 Å². The van der Waals surface area contributed by atoms with E-state index >= 15 is 0 Å². The SMILES string of the molecule is CCc1cccc(C)c1-n1c(C)cc(C=Nc2cc(C(=O)O)ccc2C)c1C. The van der Waals surface area contributed by atoms with E-state index in [9.17, 15) is 9.90 Å². The smallest absolute Gasteiger partial charge is 0.335 e. The Bertz CT molecular complexity index is 1070. The van der Waals surface area contributed by atoms with Crippen LogP contribution in [0.2, 0.25) is 0 Å². The molecule has 0 spiro atoms. The molecule has 0 aliphatic heterocycles. The van der Waals surface area contributed by atoms with Crippen molar-refractivity contribution >= 4 is 17.9 Å². The van der Waals surface area contributed by atoms with Crippen molar-refractivity contribution in [1.82, 2.24) is 4.57 Å². The molecule has 4 nitrogen and oxygen atoms in total. The summed E-state index contributed by atoms with van der Waals surface area (Å²) >= 11 is 0. The third-order valence-electron chi connectivity index (χ3n) is 5.19. The first-order valence-electron chi connectivity index (χ1n) is 9.49. The van der Waals surface area contributed by atoms with E-state index < -0.39 is 5.97 Å². The molecule has 0 aliphatic rings. The largest absolute Gasteiger partial charge is 0.478 e. The van der Waals surface area contributed by atoms with Crippen molar-refractivity contribution in [3.63, 3.8) is 0 Å². The van der Waals surface area contributed by atoms with Gasteiger partial charge in [-0.2, -0.15) is 0 Å². The topological polar surface area (TPSA) is 54.6 Å². The van der Waals surface area contributed by atoms with Gasteiger partial charge in [0.25, 0.3) is 0 Å². The van der Waals surface area contributed by atoms with Crippen LogP contribution in [0.4, 0.5) is 5.69 Å². The van der Waals surface area contributed by atoms with Gasteiger partial charge in [-0.25, -0.2) is 4.79 Å². The highest BCUT2D eigenvalue weighted by Crippen LogP contribution is 2.27. The maximum Gasteiger partial charge on any atom is 0.335 e. The molecule has 0 fully saturated rings. The Kier molecular flexibility index (Phi) is 5.50. The third-order valence-corrected chi connectivity index (χ3v) is 5.19. The van der Waals surface area contributed by atoms with Gasteiger partial charge in [-0.3, -0.25) is 4.99 Å². The second-order valence-corrected chi connectivity index (χ2v) is 7.16. The number of para-hydroxylation sites is 1. The van der Waals surface area contributed by atoms with E-state index in [1.54, 1.807) is 18.2 Å². The van der Waals surface area contributed by atoms with Crippen molar-refractivity contribution in [3.8, 4) is 5.69 Å². The van der Waals surface area contributed by atoms with E-state index in [1.807, 2.05) is 13.1 Å². The molecule has 1 aromatic heterocycles. The zero-order valence-electron chi connectivity index (χ0n) is 17.1. The van der Waals surface area contributed by atoms with E-state index in [2.05, 4.69) is 61.5 Å². The predicted molar refractivity (Wildman–Crippen MR) is 115 cm³/mol. The molecule has 0 radical (unpaired) electrons. The van der Waals surface area contributed by atoms with E-state index in [0.29, 0.717) is 5.69 Å². The molecule has 144 valence electrons. The van der Waals surface area contributed by atoms with Gasteiger partial charge in [-0.05, 0) is 69.0 Å². The first-order valence-corrected chi connectivity index (χ1v) is 9.49. The summed E-state index contributed by atoms with van der Waals surface area (Å²) in [6.07, 6.45) is 2.80. The number of hydrogen-bond donors (Lipinski definition) is 1. The van der Waals surface area contributed by atoms with Gasteiger partial charge < -0.3 is 9.67 Å². The molecular weight excluding hydrogens is 348 g/mol. The van der Waals surface area contributed by atoms with Crippen molar-refractivity contribution in [2.75, 3.05) is 0 Å². The van der Waals surface area contributed by atoms with E-state index in [-0.39, 0.29) is 5.56 Å². The average Bonchev–Trinajstić information content (AvgIpc) is 2.94. The average molecular weight is 374 g/mol.